The van der Waals surface area contributed by atoms with Gasteiger partial charge in [0, 0.05) is 6.04 Å². The molecule has 0 saturated heterocycles. The maximum Gasteiger partial charge on any atom is 0.125 e. The molecule has 0 fully saturated rings. The Kier molecular flexibility index (Phi) is 1.96. The van der Waals surface area contributed by atoms with Crippen LogP contribution in [-0.2, 0) is 6.42 Å². The van der Waals surface area contributed by atoms with Crippen molar-refractivity contribution in [3.8, 4) is 0 Å². The standard InChI is InChI=1S/C10H13FN2/c1-2-9-5-7-3-4-8(11)6-10(7)13(9)12/h3-4,6,9H,2,5,12H2,1H3. The SMILES string of the molecule is CCC1Cc2ccc(F)cc2N1N. The van der Waals surface area contributed by atoms with Crippen molar-refractivity contribution in [2.24, 2.45) is 5.84 Å². The Morgan fingerprint density at radius 1 is 1.62 bits per heavy atom. The van der Waals surface area contributed by atoms with Gasteiger partial charge in [0.25, 0.3) is 0 Å². The summed E-state index contributed by atoms with van der Waals surface area (Å²) >= 11 is 0. The van der Waals surface area contributed by atoms with E-state index in [1.807, 2.05) is 6.07 Å². The van der Waals surface area contributed by atoms with Gasteiger partial charge in [-0.1, -0.05) is 13.0 Å². The zero-order valence-corrected chi connectivity index (χ0v) is 7.63. The third kappa shape index (κ3) is 1.29. The molecule has 1 atom stereocenters. The van der Waals surface area contributed by atoms with E-state index in [0.29, 0.717) is 6.04 Å². The second-order valence-corrected chi connectivity index (χ2v) is 3.45. The van der Waals surface area contributed by atoms with Gasteiger partial charge in [0.15, 0.2) is 0 Å². The summed E-state index contributed by atoms with van der Waals surface area (Å²) in [6.45, 7) is 2.09. The number of benzene rings is 1. The number of hydrogen-bond acceptors (Lipinski definition) is 2. The van der Waals surface area contributed by atoms with Crippen molar-refractivity contribution < 1.29 is 4.39 Å². The fourth-order valence-electron chi connectivity index (χ4n) is 1.84. The lowest BCUT2D eigenvalue weighted by molar-refractivity contribution is 0.614. The van der Waals surface area contributed by atoms with E-state index in [1.165, 1.54) is 12.1 Å². The van der Waals surface area contributed by atoms with Crippen molar-refractivity contribution in [2.45, 2.75) is 25.8 Å². The number of halogens is 1. The van der Waals surface area contributed by atoms with E-state index in [2.05, 4.69) is 6.92 Å². The zero-order valence-electron chi connectivity index (χ0n) is 7.63. The molecule has 0 bridgehead atoms. The van der Waals surface area contributed by atoms with Crippen LogP contribution in [0, 0.1) is 5.82 Å². The first-order valence-corrected chi connectivity index (χ1v) is 4.54. The van der Waals surface area contributed by atoms with Crippen LogP contribution in [0.2, 0.25) is 0 Å². The van der Waals surface area contributed by atoms with E-state index in [1.54, 1.807) is 5.01 Å². The van der Waals surface area contributed by atoms with Crippen LogP contribution in [0.25, 0.3) is 0 Å². The monoisotopic (exact) mass is 180 g/mol. The van der Waals surface area contributed by atoms with Crippen LogP contribution in [0.15, 0.2) is 18.2 Å². The Labute approximate surface area is 77.1 Å². The third-order valence-electron chi connectivity index (χ3n) is 2.65. The molecule has 1 aliphatic rings. The van der Waals surface area contributed by atoms with Crippen LogP contribution in [0.4, 0.5) is 10.1 Å². The fraction of sp³-hybridized carbons (Fsp3) is 0.400. The minimum atomic E-state index is -0.217. The second-order valence-electron chi connectivity index (χ2n) is 3.45. The normalized spacial score (nSPS) is 20.5. The largest absolute Gasteiger partial charge is 0.307 e. The van der Waals surface area contributed by atoms with Gasteiger partial charge in [0.2, 0.25) is 0 Å². The zero-order chi connectivity index (χ0) is 9.42. The van der Waals surface area contributed by atoms with Gasteiger partial charge >= 0.3 is 0 Å². The molecule has 0 radical (unpaired) electrons. The van der Waals surface area contributed by atoms with Crippen LogP contribution in [0.1, 0.15) is 18.9 Å². The van der Waals surface area contributed by atoms with Gasteiger partial charge < -0.3 is 5.01 Å². The first-order chi connectivity index (χ1) is 6.22. The summed E-state index contributed by atoms with van der Waals surface area (Å²) in [6, 6.07) is 5.15. The highest BCUT2D eigenvalue weighted by Crippen LogP contribution is 2.31. The first kappa shape index (κ1) is 8.51. The maximum absolute atomic E-state index is 12.9. The van der Waals surface area contributed by atoms with Crippen molar-refractivity contribution in [3.63, 3.8) is 0 Å². The Hall–Kier alpha value is -1.09. The van der Waals surface area contributed by atoms with Crippen LogP contribution >= 0.6 is 0 Å². The van der Waals surface area contributed by atoms with Crippen molar-refractivity contribution >= 4 is 5.69 Å². The number of anilines is 1. The molecule has 1 unspecified atom stereocenters. The summed E-state index contributed by atoms with van der Waals surface area (Å²) in [7, 11) is 0. The molecule has 1 heterocycles. The molecular weight excluding hydrogens is 167 g/mol. The Balaban J connectivity index is 2.39. The molecule has 2 nitrogen and oxygen atoms in total. The van der Waals surface area contributed by atoms with Crippen molar-refractivity contribution in [1.29, 1.82) is 0 Å². The number of fused-ring (bicyclic) bond motifs is 1. The van der Waals surface area contributed by atoms with E-state index < -0.39 is 0 Å². The second kappa shape index (κ2) is 3.00. The molecule has 0 aliphatic carbocycles. The number of hydrazine groups is 1. The third-order valence-corrected chi connectivity index (χ3v) is 2.65. The van der Waals surface area contributed by atoms with Gasteiger partial charge in [-0.05, 0) is 30.5 Å². The van der Waals surface area contributed by atoms with Crippen LogP contribution in [0.5, 0.6) is 0 Å². The molecular formula is C10H13FN2. The summed E-state index contributed by atoms with van der Waals surface area (Å²) in [4.78, 5) is 0. The average molecular weight is 180 g/mol. The van der Waals surface area contributed by atoms with Gasteiger partial charge in [-0.3, -0.25) is 0 Å². The van der Waals surface area contributed by atoms with E-state index in [0.717, 1.165) is 24.1 Å². The van der Waals surface area contributed by atoms with Crippen molar-refractivity contribution in [1.82, 2.24) is 0 Å². The fourth-order valence-corrected chi connectivity index (χ4v) is 1.84. The van der Waals surface area contributed by atoms with E-state index >= 15 is 0 Å². The summed E-state index contributed by atoms with van der Waals surface area (Å²) in [5.41, 5.74) is 1.99. The highest BCUT2D eigenvalue weighted by atomic mass is 19.1. The van der Waals surface area contributed by atoms with Crippen LogP contribution in [0.3, 0.4) is 0 Å². The number of rotatable bonds is 1. The predicted octanol–water partition coefficient (Wildman–Crippen LogP) is 1.84. The highest BCUT2D eigenvalue weighted by molar-refractivity contribution is 5.58. The molecule has 1 aliphatic heterocycles. The molecule has 0 saturated carbocycles. The molecule has 2 N–H and O–H groups in total. The quantitative estimate of drug-likeness (QED) is 0.668. The molecule has 0 amide bonds. The smallest absolute Gasteiger partial charge is 0.125 e. The minimum absolute atomic E-state index is 0.217. The lowest BCUT2D eigenvalue weighted by Gasteiger charge is -2.20. The highest BCUT2D eigenvalue weighted by Gasteiger charge is 2.25. The van der Waals surface area contributed by atoms with Crippen LogP contribution in [-0.4, -0.2) is 6.04 Å². The van der Waals surface area contributed by atoms with E-state index in [-0.39, 0.29) is 5.82 Å². The molecule has 2 rings (SSSR count). The lowest BCUT2D eigenvalue weighted by atomic mass is 10.1. The van der Waals surface area contributed by atoms with Gasteiger partial charge in [0.1, 0.15) is 5.82 Å². The van der Waals surface area contributed by atoms with Gasteiger partial charge in [-0.2, -0.15) is 0 Å². The minimum Gasteiger partial charge on any atom is -0.307 e. The number of nitrogens with zero attached hydrogens (tertiary/aromatic N) is 1. The molecule has 70 valence electrons. The number of hydrogen-bond donors (Lipinski definition) is 1. The molecule has 13 heavy (non-hydrogen) atoms. The molecule has 1 aromatic carbocycles. The Bertz CT molecular complexity index is 325. The summed E-state index contributed by atoms with van der Waals surface area (Å²) in [6.07, 6.45) is 1.93. The molecule has 3 heteroatoms. The van der Waals surface area contributed by atoms with Gasteiger partial charge in [-0.25, -0.2) is 10.2 Å². The van der Waals surface area contributed by atoms with Crippen molar-refractivity contribution in [2.75, 3.05) is 5.01 Å². The first-order valence-electron chi connectivity index (χ1n) is 4.54. The number of nitrogens with two attached hydrogens (primary N) is 1. The Morgan fingerprint density at radius 2 is 2.38 bits per heavy atom. The average Bonchev–Trinajstić information content (AvgIpc) is 2.44. The van der Waals surface area contributed by atoms with Crippen molar-refractivity contribution in [3.05, 3.63) is 29.6 Å². The van der Waals surface area contributed by atoms with E-state index in [9.17, 15) is 4.39 Å². The summed E-state index contributed by atoms with van der Waals surface area (Å²) in [5.74, 6) is 5.62. The maximum atomic E-state index is 12.9. The summed E-state index contributed by atoms with van der Waals surface area (Å²) < 4.78 is 12.9. The molecule has 0 spiro atoms. The van der Waals surface area contributed by atoms with Gasteiger partial charge in [-0.15, -0.1) is 0 Å². The topological polar surface area (TPSA) is 29.3 Å². The predicted molar refractivity (Wildman–Crippen MR) is 50.8 cm³/mol. The molecule has 0 aromatic heterocycles. The summed E-state index contributed by atoms with van der Waals surface area (Å²) in [5, 5.41) is 1.68. The van der Waals surface area contributed by atoms with Crippen LogP contribution < -0.4 is 10.9 Å². The molecule has 1 aromatic rings. The van der Waals surface area contributed by atoms with Gasteiger partial charge in [0.05, 0.1) is 5.69 Å². The Morgan fingerprint density at radius 3 is 3.08 bits per heavy atom. The lowest BCUT2D eigenvalue weighted by Crippen LogP contribution is -2.37. The van der Waals surface area contributed by atoms with E-state index in [4.69, 9.17) is 5.84 Å².